The molecule has 1 N–H and O–H groups in total. The van der Waals surface area contributed by atoms with Crippen LogP contribution in [0.3, 0.4) is 0 Å². The van der Waals surface area contributed by atoms with Crippen LogP contribution in [0, 0.1) is 12.8 Å². The summed E-state index contributed by atoms with van der Waals surface area (Å²) in [4.78, 5) is 2.48. The van der Waals surface area contributed by atoms with Crippen molar-refractivity contribution in [3.8, 4) is 0 Å². The molecule has 1 aromatic carbocycles. The molecule has 0 saturated carbocycles. The maximum absolute atomic E-state index is 5.46. The van der Waals surface area contributed by atoms with Crippen molar-refractivity contribution in [3.05, 3.63) is 35.4 Å². The summed E-state index contributed by atoms with van der Waals surface area (Å²) in [6.07, 6.45) is 2.42. The van der Waals surface area contributed by atoms with E-state index in [-0.39, 0.29) is 0 Å². The van der Waals surface area contributed by atoms with Gasteiger partial charge in [0, 0.05) is 32.3 Å². The molecule has 1 aromatic rings. The number of nitrogens with one attached hydrogen (secondary N) is 1. The van der Waals surface area contributed by atoms with Gasteiger partial charge < -0.3 is 15.0 Å². The second-order valence-corrected chi connectivity index (χ2v) is 6.24. The average molecular weight is 290 g/mol. The van der Waals surface area contributed by atoms with Gasteiger partial charge in [-0.1, -0.05) is 31.2 Å². The number of hydrogen-bond acceptors (Lipinski definition) is 3. The minimum Gasteiger partial charge on any atom is -0.381 e. The summed E-state index contributed by atoms with van der Waals surface area (Å²) in [5, 5.41) is 3.64. The van der Waals surface area contributed by atoms with Gasteiger partial charge in [0.1, 0.15) is 0 Å². The first-order chi connectivity index (χ1) is 10.2. The number of likely N-dealkylation sites (N-methyl/N-ethyl adjacent to an activating group) is 2. The summed E-state index contributed by atoms with van der Waals surface area (Å²) in [5.41, 5.74) is 2.81. The van der Waals surface area contributed by atoms with E-state index >= 15 is 0 Å². The zero-order valence-electron chi connectivity index (χ0n) is 13.8. The van der Waals surface area contributed by atoms with Gasteiger partial charge in [-0.3, -0.25) is 0 Å². The van der Waals surface area contributed by atoms with Crippen LogP contribution in [-0.2, 0) is 4.74 Å². The van der Waals surface area contributed by atoms with Crippen molar-refractivity contribution in [1.82, 2.24) is 10.2 Å². The molecule has 3 nitrogen and oxygen atoms in total. The van der Waals surface area contributed by atoms with Crippen LogP contribution < -0.4 is 5.32 Å². The van der Waals surface area contributed by atoms with Crippen molar-refractivity contribution in [3.63, 3.8) is 0 Å². The van der Waals surface area contributed by atoms with E-state index in [4.69, 9.17) is 4.74 Å². The summed E-state index contributed by atoms with van der Waals surface area (Å²) >= 11 is 0. The topological polar surface area (TPSA) is 24.5 Å². The Bertz CT molecular complexity index is 415. The Morgan fingerprint density at radius 2 is 2.00 bits per heavy atom. The smallest absolute Gasteiger partial charge is 0.0469 e. The fourth-order valence-corrected chi connectivity index (χ4v) is 3.25. The summed E-state index contributed by atoms with van der Waals surface area (Å²) in [5.74, 6) is 0.794. The molecule has 0 aliphatic carbocycles. The Labute approximate surface area is 129 Å². The van der Waals surface area contributed by atoms with E-state index in [2.05, 4.69) is 55.4 Å². The van der Waals surface area contributed by atoms with Crippen LogP contribution in [0.4, 0.5) is 0 Å². The number of nitrogens with zero attached hydrogens (tertiary/aromatic N) is 1. The summed E-state index contributed by atoms with van der Waals surface area (Å²) in [7, 11) is 2.25. The third-order valence-electron chi connectivity index (χ3n) is 4.42. The Kier molecular flexibility index (Phi) is 6.68. The molecular formula is C18H30N2O. The monoisotopic (exact) mass is 290 g/mol. The van der Waals surface area contributed by atoms with E-state index < -0.39 is 0 Å². The lowest BCUT2D eigenvalue weighted by molar-refractivity contribution is 0.0547. The zero-order valence-corrected chi connectivity index (χ0v) is 13.8. The van der Waals surface area contributed by atoms with E-state index in [0.29, 0.717) is 6.04 Å². The average Bonchev–Trinajstić information content (AvgIpc) is 2.48. The molecule has 1 unspecified atom stereocenters. The highest BCUT2D eigenvalue weighted by Gasteiger charge is 2.19. The maximum atomic E-state index is 5.46. The van der Waals surface area contributed by atoms with Crippen LogP contribution in [0.25, 0.3) is 0 Å². The third kappa shape index (κ3) is 5.10. The minimum atomic E-state index is 0.418. The summed E-state index contributed by atoms with van der Waals surface area (Å²) < 4.78 is 5.46. The number of ether oxygens (including phenoxy) is 1. The van der Waals surface area contributed by atoms with Gasteiger partial charge in [-0.15, -0.1) is 0 Å². The molecular weight excluding hydrogens is 260 g/mol. The number of hydrogen-bond donors (Lipinski definition) is 1. The van der Waals surface area contributed by atoms with Crippen molar-refractivity contribution in [2.24, 2.45) is 5.92 Å². The third-order valence-corrected chi connectivity index (χ3v) is 4.42. The first-order valence-electron chi connectivity index (χ1n) is 8.26. The SMILES string of the molecule is CCNC(CN(C)CC1CCOCC1)c1ccccc1C. The lowest BCUT2D eigenvalue weighted by atomic mass is 9.98. The molecule has 0 aromatic heterocycles. The van der Waals surface area contributed by atoms with Crippen LogP contribution in [0.15, 0.2) is 24.3 Å². The Morgan fingerprint density at radius 1 is 1.29 bits per heavy atom. The lowest BCUT2D eigenvalue weighted by Gasteiger charge is -2.30. The largest absolute Gasteiger partial charge is 0.381 e. The van der Waals surface area contributed by atoms with Crippen LogP contribution in [0.1, 0.15) is 36.9 Å². The van der Waals surface area contributed by atoms with E-state index in [0.717, 1.165) is 32.2 Å². The van der Waals surface area contributed by atoms with Crippen molar-refractivity contribution in [2.75, 3.05) is 39.9 Å². The van der Waals surface area contributed by atoms with Gasteiger partial charge in [0.2, 0.25) is 0 Å². The highest BCUT2D eigenvalue weighted by Crippen LogP contribution is 2.20. The molecule has 1 atom stereocenters. The molecule has 21 heavy (non-hydrogen) atoms. The highest BCUT2D eigenvalue weighted by molar-refractivity contribution is 5.29. The van der Waals surface area contributed by atoms with Crippen LogP contribution >= 0.6 is 0 Å². The molecule has 0 radical (unpaired) electrons. The molecule has 118 valence electrons. The van der Waals surface area contributed by atoms with Crippen LogP contribution in [0.2, 0.25) is 0 Å². The fraction of sp³-hybridized carbons (Fsp3) is 0.667. The molecule has 0 amide bonds. The summed E-state index contributed by atoms with van der Waals surface area (Å²) in [6, 6.07) is 9.14. The molecule has 1 aliphatic heterocycles. The number of benzene rings is 1. The Hall–Kier alpha value is -0.900. The van der Waals surface area contributed by atoms with Gasteiger partial charge in [-0.2, -0.15) is 0 Å². The van der Waals surface area contributed by atoms with Gasteiger partial charge in [0.25, 0.3) is 0 Å². The van der Waals surface area contributed by atoms with E-state index in [1.165, 1.54) is 30.5 Å². The quantitative estimate of drug-likeness (QED) is 0.835. The van der Waals surface area contributed by atoms with Gasteiger partial charge in [0.05, 0.1) is 0 Å². The Morgan fingerprint density at radius 3 is 2.67 bits per heavy atom. The lowest BCUT2D eigenvalue weighted by Crippen LogP contribution is -2.37. The Balaban J connectivity index is 1.94. The number of aryl methyl sites for hydroxylation is 1. The molecule has 2 rings (SSSR count). The van der Waals surface area contributed by atoms with Crippen molar-refractivity contribution >= 4 is 0 Å². The van der Waals surface area contributed by atoms with Crippen molar-refractivity contribution in [1.29, 1.82) is 0 Å². The molecule has 1 saturated heterocycles. The van der Waals surface area contributed by atoms with Crippen LogP contribution in [0.5, 0.6) is 0 Å². The molecule has 1 aliphatic rings. The van der Waals surface area contributed by atoms with E-state index in [9.17, 15) is 0 Å². The zero-order chi connectivity index (χ0) is 15.1. The second kappa shape index (κ2) is 8.52. The predicted molar refractivity (Wildman–Crippen MR) is 88.6 cm³/mol. The predicted octanol–water partition coefficient (Wildman–Crippen LogP) is 3.00. The van der Waals surface area contributed by atoms with Crippen molar-refractivity contribution in [2.45, 2.75) is 32.7 Å². The second-order valence-electron chi connectivity index (χ2n) is 6.24. The normalized spacial score (nSPS) is 18.1. The first-order valence-corrected chi connectivity index (χ1v) is 8.26. The molecule has 1 fully saturated rings. The fourth-order valence-electron chi connectivity index (χ4n) is 3.25. The molecule has 0 bridgehead atoms. The van der Waals surface area contributed by atoms with Gasteiger partial charge in [-0.05, 0) is 50.4 Å². The van der Waals surface area contributed by atoms with E-state index in [1.54, 1.807) is 0 Å². The number of rotatable bonds is 7. The molecule has 0 spiro atoms. The maximum Gasteiger partial charge on any atom is 0.0469 e. The van der Waals surface area contributed by atoms with E-state index in [1.807, 2.05) is 0 Å². The molecule has 3 heteroatoms. The molecule has 1 heterocycles. The standard InChI is InChI=1S/C18H30N2O/c1-4-19-18(17-8-6-5-7-15(17)2)14-20(3)13-16-9-11-21-12-10-16/h5-8,16,18-19H,4,9-14H2,1-3H3. The first kappa shape index (κ1) is 16.5. The minimum absolute atomic E-state index is 0.418. The van der Waals surface area contributed by atoms with Crippen LogP contribution in [-0.4, -0.2) is 44.8 Å². The summed E-state index contributed by atoms with van der Waals surface area (Å²) in [6.45, 7) is 9.51. The van der Waals surface area contributed by atoms with Gasteiger partial charge in [0.15, 0.2) is 0 Å². The van der Waals surface area contributed by atoms with Gasteiger partial charge in [-0.25, -0.2) is 0 Å². The highest BCUT2D eigenvalue weighted by atomic mass is 16.5. The van der Waals surface area contributed by atoms with Gasteiger partial charge >= 0.3 is 0 Å². The van der Waals surface area contributed by atoms with Crippen molar-refractivity contribution < 1.29 is 4.74 Å².